The van der Waals surface area contributed by atoms with Gasteiger partial charge >= 0.3 is 5.97 Å². The Morgan fingerprint density at radius 1 is 1.08 bits per heavy atom. The summed E-state index contributed by atoms with van der Waals surface area (Å²) >= 11 is 0. The molecule has 1 aliphatic heterocycles. The maximum Gasteiger partial charge on any atom is 0.343 e. The molecule has 0 aliphatic carbocycles. The predicted octanol–water partition coefficient (Wildman–Crippen LogP) is 2.24. The van der Waals surface area contributed by atoms with E-state index in [0.717, 1.165) is 5.56 Å². The number of hydrogen-bond donors (Lipinski definition) is 0. The summed E-state index contributed by atoms with van der Waals surface area (Å²) in [6.07, 6.45) is 0. The van der Waals surface area contributed by atoms with Gasteiger partial charge in [-0.2, -0.15) is 4.31 Å². The molecule has 0 aromatic heterocycles. The molecular formula is C18H19NO5S. The van der Waals surface area contributed by atoms with Gasteiger partial charge in [-0.25, -0.2) is 13.2 Å². The van der Waals surface area contributed by atoms with Crippen LogP contribution in [0.2, 0.25) is 0 Å². The number of aryl methyl sites for hydroxylation is 1. The van der Waals surface area contributed by atoms with Gasteiger partial charge in [0.2, 0.25) is 10.0 Å². The van der Waals surface area contributed by atoms with E-state index in [0.29, 0.717) is 37.6 Å². The van der Waals surface area contributed by atoms with Crippen LogP contribution in [-0.4, -0.2) is 45.0 Å². The molecule has 0 N–H and O–H groups in total. The molecule has 0 amide bonds. The molecule has 132 valence electrons. The summed E-state index contributed by atoms with van der Waals surface area (Å²) in [7, 11) is -3.57. The molecule has 0 saturated carbocycles. The van der Waals surface area contributed by atoms with Crippen LogP contribution in [0.1, 0.15) is 15.9 Å². The van der Waals surface area contributed by atoms with Gasteiger partial charge in [-0.3, -0.25) is 0 Å². The quantitative estimate of drug-likeness (QED) is 0.617. The molecule has 3 rings (SSSR count). The lowest BCUT2D eigenvalue weighted by molar-refractivity contribution is 0.0730. The molecule has 1 aliphatic rings. The second-order valence-corrected chi connectivity index (χ2v) is 7.68. The van der Waals surface area contributed by atoms with Crippen molar-refractivity contribution in [2.24, 2.45) is 0 Å². The number of carbonyl (C=O) groups is 1. The van der Waals surface area contributed by atoms with Crippen LogP contribution in [-0.2, 0) is 14.8 Å². The second-order valence-electron chi connectivity index (χ2n) is 5.75. The van der Waals surface area contributed by atoms with Crippen LogP contribution in [0.3, 0.4) is 0 Å². The minimum Gasteiger partial charge on any atom is -0.423 e. The number of rotatable bonds is 4. The first-order valence-electron chi connectivity index (χ1n) is 7.93. The summed E-state index contributed by atoms with van der Waals surface area (Å²) in [4.78, 5) is 12.3. The van der Waals surface area contributed by atoms with Gasteiger partial charge in [0.05, 0.1) is 23.7 Å². The average Bonchev–Trinajstić information content (AvgIpc) is 2.62. The van der Waals surface area contributed by atoms with E-state index in [-0.39, 0.29) is 4.90 Å². The third-order valence-electron chi connectivity index (χ3n) is 3.90. The number of nitrogens with zero attached hydrogens (tertiary/aromatic N) is 1. The molecule has 1 saturated heterocycles. The van der Waals surface area contributed by atoms with Crippen LogP contribution >= 0.6 is 0 Å². The standard InChI is InChI=1S/C18H19NO5S/c1-14-3-2-4-16(13-14)24-18(20)15-5-7-17(8-6-15)25(21,22)19-9-11-23-12-10-19/h2-8,13H,9-12H2,1H3. The third-order valence-corrected chi connectivity index (χ3v) is 5.81. The first-order valence-corrected chi connectivity index (χ1v) is 9.38. The topological polar surface area (TPSA) is 72.9 Å². The van der Waals surface area contributed by atoms with Gasteiger partial charge in [0.25, 0.3) is 0 Å². The maximum absolute atomic E-state index is 12.6. The van der Waals surface area contributed by atoms with Crippen molar-refractivity contribution in [3.8, 4) is 5.75 Å². The Morgan fingerprint density at radius 3 is 2.40 bits per heavy atom. The van der Waals surface area contributed by atoms with Gasteiger partial charge in [-0.1, -0.05) is 12.1 Å². The van der Waals surface area contributed by atoms with Crippen molar-refractivity contribution in [2.75, 3.05) is 26.3 Å². The molecule has 0 radical (unpaired) electrons. The normalized spacial score (nSPS) is 15.7. The Hall–Kier alpha value is -2.22. The lowest BCUT2D eigenvalue weighted by atomic mass is 10.2. The highest BCUT2D eigenvalue weighted by molar-refractivity contribution is 7.89. The Bertz CT molecular complexity index is 855. The fraction of sp³-hybridized carbons (Fsp3) is 0.278. The lowest BCUT2D eigenvalue weighted by Gasteiger charge is -2.26. The lowest BCUT2D eigenvalue weighted by Crippen LogP contribution is -2.40. The van der Waals surface area contributed by atoms with E-state index < -0.39 is 16.0 Å². The van der Waals surface area contributed by atoms with E-state index >= 15 is 0 Å². The number of carbonyl (C=O) groups excluding carboxylic acids is 1. The van der Waals surface area contributed by atoms with E-state index in [4.69, 9.17) is 9.47 Å². The Labute approximate surface area is 147 Å². The first-order chi connectivity index (χ1) is 12.0. The van der Waals surface area contributed by atoms with Crippen LogP contribution in [0.15, 0.2) is 53.4 Å². The SMILES string of the molecule is Cc1cccc(OC(=O)c2ccc(S(=O)(=O)N3CCOCC3)cc2)c1. The van der Waals surface area contributed by atoms with Gasteiger partial charge in [0.1, 0.15) is 5.75 Å². The molecule has 0 atom stereocenters. The smallest absolute Gasteiger partial charge is 0.343 e. The van der Waals surface area contributed by atoms with Crippen LogP contribution in [0.25, 0.3) is 0 Å². The molecule has 2 aromatic carbocycles. The second kappa shape index (κ2) is 7.35. The van der Waals surface area contributed by atoms with Crippen molar-refractivity contribution in [1.29, 1.82) is 0 Å². The minimum absolute atomic E-state index is 0.154. The summed E-state index contributed by atoms with van der Waals surface area (Å²) in [5.74, 6) is -0.0732. The first kappa shape index (κ1) is 17.6. The zero-order chi connectivity index (χ0) is 17.9. The highest BCUT2D eigenvalue weighted by Gasteiger charge is 2.26. The Kier molecular flexibility index (Phi) is 5.17. The van der Waals surface area contributed by atoms with E-state index in [1.165, 1.54) is 28.6 Å². The van der Waals surface area contributed by atoms with E-state index in [9.17, 15) is 13.2 Å². The van der Waals surface area contributed by atoms with Crippen LogP contribution < -0.4 is 4.74 Å². The van der Waals surface area contributed by atoms with Crippen molar-refractivity contribution in [2.45, 2.75) is 11.8 Å². The molecule has 0 bridgehead atoms. The van der Waals surface area contributed by atoms with Crippen LogP contribution in [0, 0.1) is 6.92 Å². The van der Waals surface area contributed by atoms with Gasteiger partial charge in [-0.05, 0) is 48.9 Å². The molecule has 25 heavy (non-hydrogen) atoms. The van der Waals surface area contributed by atoms with E-state index in [1.54, 1.807) is 18.2 Å². The Balaban J connectivity index is 1.74. The van der Waals surface area contributed by atoms with Crippen molar-refractivity contribution in [3.05, 3.63) is 59.7 Å². The number of ether oxygens (including phenoxy) is 2. The molecule has 0 unspecified atom stereocenters. The molecule has 1 fully saturated rings. The largest absolute Gasteiger partial charge is 0.423 e. The summed E-state index contributed by atoms with van der Waals surface area (Å²) in [6, 6.07) is 12.9. The molecule has 6 nitrogen and oxygen atoms in total. The molecular weight excluding hydrogens is 342 g/mol. The van der Waals surface area contributed by atoms with Crippen molar-refractivity contribution in [1.82, 2.24) is 4.31 Å². The number of esters is 1. The van der Waals surface area contributed by atoms with Crippen molar-refractivity contribution in [3.63, 3.8) is 0 Å². The van der Waals surface area contributed by atoms with Gasteiger partial charge < -0.3 is 9.47 Å². The van der Waals surface area contributed by atoms with Crippen molar-refractivity contribution >= 4 is 16.0 Å². The van der Waals surface area contributed by atoms with Gasteiger partial charge in [0.15, 0.2) is 0 Å². The highest BCUT2D eigenvalue weighted by atomic mass is 32.2. The number of morpholine rings is 1. The highest BCUT2D eigenvalue weighted by Crippen LogP contribution is 2.19. The van der Waals surface area contributed by atoms with Gasteiger partial charge in [-0.15, -0.1) is 0 Å². The Morgan fingerprint density at radius 2 is 1.76 bits per heavy atom. The van der Waals surface area contributed by atoms with Crippen LogP contribution in [0.5, 0.6) is 5.75 Å². The summed E-state index contributed by atoms with van der Waals surface area (Å²) in [6.45, 7) is 3.35. The fourth-order valence-electron chi connectivity index (χ4n) is 2.54. The molecule has 7 heteroatoms. The molecule has 0 spiro atoms. The van der Waals surface area contributed by atoms with Crippen molar-refractivity contribution < 1.29 is 22.7 Å². The van der Waals surface area contributed by atoms with Crippen LogP contribution in [0.4, 0.5) is 0 Å². The third kappa shape index (κ3) is 4.07. The summed E-state index contributed by atoms with van der Waals surface area (Å²) < 4.78 is 37.0. The van der Waals surface area contributed by atoms with E-state index in [2.05, 4.69) is 0 Å². The summed E-state index contributed by atoms with van der Waals surface area (Å²) in [5, 5.41) is 0. The number of benzene rings is 2. The molecule has 2 aromatic rings. The zero-order valence-electron chi connectivity index (χ0n) is 13.8. The van der Waals surface area contributed by atoms with E-state index in [1.807, 2.05) is 13.0 Å². The maximum atomic E-state index is 12.6. The zero-order valence-corrected chi connectivity index (χ0v) is 14.7. The molecule has 1 heterocycles. The summed E-state index contributed by atoms with van der Waals surface area (Å²) in [5.41, 5.74) is 1.28. The predicted molar refractivity (Wildman–Crippen MR) is 92.2 cm³/mol. The number of hydrogen-bond acceptors (Lipinski definition) is 5. The minimum atomic E-state index is -3.57. The average molecular weight is 361 g/mol. The van der Waals surface area contributed by atoms with Gasteiger partial charge in [0, 0.05) is 13.1 Å². The fourth-order valence-corrected chi connectivity index (χ4v) is 3.95. The number of sulfonamides is 1. The monoisotopic (exact) mass is 361 g/mol.